The Labute approximate surface area is 160 Å². The summed E-state index contributed by atoms with van der Waals surface area (Å²) < 4.78 is 30.3. The van der Waals surface area contributed by atoms with E-state index in [1.54, 1.807) is 39.0 Å². The highest BCUT2D eigenvalue weighted by Crippen LogP contribution is 2.30. The van der Waals surface area contributed by atoms with Gasteiger partial charge in [0.05, 0.1) is 16.8 Å². The first-order valence-electron chi connectivity index (χ1n) is 9.33. The Kier molecular flexibility index (Phi) is 7.24. The van der Waals surface area contributed by atoms with E-state index in [2.05, 4.69) is 10.6 Å². The van der Waals surface area contributed by atoms with Gasteiger partial charge in [-0.1, -0.05) is 32.8 Å². The number of carbonyl (C=O) groups excluding carboxylic acids is 2. The predicted molar refractivity (Wildman–Crippen MR) is 103 cm³/mol. The quantitative estimate of drug-likeness (QED) is 0.737. The Hall–Kier alpha value is -2.09. The van der Waals surface area contributed by atoms with Crippen LogP contribution >= 0.6 is 0 Å². The van der Waals surface area contributed by atoms with Crippen LogP contribution in [0.3, 0.4) is 0 Å². The highest BCUT2D eigenvalue weighted by molar-refractivity contribution is 7.92. The van der Waals surface area contributed by atoms with E-state index in [0.717, 1.165) is 12.8 Å². The van der Waals surface area contributed by atoms with E-state index >= 15 is 0 Å². The number of anilines is 1. The predicted octanol–water partition coefficient (Wildman–Crippen LogP) is 3.11. The van der Waals surface area contributed by atoms with Crippen molar-refractivity contribution in [2.75, 3.05) is 11.9 Å². The van der Waals surface area contributed by atoms with E-state index in [4.69, 9.17) is 4.74 Å². The highest BCUT2D eigenvalue weighted by Gasteiger charge is 2.31. The van der Waals surface area contributed by atoms with Gasteiger partial charge in [0.15, 0.2) is 9.84 Å². The van der Waals surface area contributed by atoms with Crippen LogP contribution in [0.15, 0.2) is 29.2 Å². The Morgan fingerprint density at radius 1 is 1.22 bits per heavy atom. The standard InChI is InChI=1S/C19H28N2O5S/c1-4-26-19(23)21-17(13(2)3)18(22)20-14-8-7-11-16(12-14)27(24,25)15-9-5-6-10-15/h7-8,11-13,15,17H,4-6,9-10H2,1-3H3,(H,20,22)(H,21,23). The number of hydrogen-bond acceptors (Lipinski definition) is 5. The van der Waals surface area contributed by atoms with Gasteiger partial charge in [0.1, 0.15) is 6.04 Å². The lowest BCUT2D eigenvalue weighted by atomic mass is 10.0. The Bertz CT molecular complexity index is 770. The minimum Gasteiger partial charge on any atom is -0.450 e. The first-order chi connectivity index (χ1) is 12.8. The monoisotopic (exact) mass is 396 g/mol. The molecule has 0 saturated heterocycles. The normalized spacial score (nSPS) is 16.1. The van der Waals surface area contributed by atoms with Crippen molar-refractivity contribution >= 4 is 27.5 Å². The highest BCUT2D eigenvalue weighted by atomic mass is 32.2. The molecule has 1 aliphatic carbocycles. The van der Waals surface area contributed by atoms with Crippen molar-refractivity contribution in [2.45, 2.75) is 62.6 Å². The molecule has 0 aliphatic heterocycles. The Morgan fingerprint density at radius 3 is 2.48 bits per heavy atom. The fourth-order valence-electron chi connectivity index (χ4n) is 3.20. The van der Waals surface area contributed by atoms with Gasteiger partial charge in [-0.05, 0) is 43.9 Å². The largest absolute Gasteiger partial charge is 0.450 e. The molecule has 0 aromatic heterocycles. The third-order valence-electron chi connectivity index (χ3n) is 4.67. The lowest BCUT2D eigenvalue weighted by molar-refractivity contribution is -0.119. The molecule has 7 nitrogen and oxygen atoms in total. The summed E-state index contributed by atoms with van der Waals surface area (Å²) >= 11 is 0. The second kappa shape index (κ2) is 9.21. The van der Waals surface area contributed by atoms with Gasteiger partial charge in [-0.2, -0.15) is 0 Å². The zero-order valence-electron chi connectivity index (χ0n) is 16.0. The summed E-state index contributed by atoms with van der Waals surface area (Å²) in [7, 11) is -3.40. The van der Waals surface area contributed by atoms with Gasteiger partial charge in [-0.25, -0.2) is 13.2 Å². The van der Waals surface area contributed by atoms with Crippen molar-refractivity contribution in [3.05, 3.63) is 24.3 Å². The summed E-state index contributed by atoms with van der Waals surface area (Å²) in [5.74, 6) is -0.590. The van der Waals surface area contributed by atoms with E-state index < -0.39 is 27.9 Å². The van der Waals surface area contributed by atoms with E-state index in [0.29, 0.717) is 18.5 Å². The molecule has 1 atom stereocenters. The number of rotatable bonds is 7. The van der Waals surface area contributed by atoms with E-state index in [-0.39, 0.29) is 22.7 Å². The van der Waals surface area contributed by atoms with Gasteiger partial charge in [0.2, 0.25) is 5.91 Å². The molecule has 1 saturated carbocycles. The molecule has 0 spiro atoms. The van der Waals surface area contributed by atoms with Crippen molar-refractivity contribution in [3.63, 3.8) is 0 Å². The Balaban J connectivity index is 2.14. The van der Waals surface area contributed by atoms with Gasteiger partial charge in [0, 0.05) is 5.69 Å². The molecule has 8 heteroatoms. The maximum absolute atomic E-state index is 12.7. The summed E-state index contributed by atoms with van der Waals surface area (Å²) in [6.07, 6.45) is 2.55. The van der Waals surface area contributed by atoms with Crippen LogP contribution in [0.2, 0.25) is 0 Å². The molecule has 0 bridgehead atoms. The average Bonchev–Trinajstić information content (AvgIpc) is 3.15. The molecule has 1 aromatic rings. The third kappa shape index (κ3) is 5.45. The topological polar surface area (TPSA) is 102 Å². The molecule has 2 amide bonds. The maximum atomic E-state index is 12.7. The molecule has 27 heavy (non-hydrogen) atoms. The second-order valence-corrected chi connectivity index (χ2v) is 9.28. The molecular weight excluding hydrogens is 368 g/mol. The SMILES string of the molecule is CCOC(=O)NC(C(=O)Nc1cccc(S(=O)(=O)C2CCCC2)c1)C(C)C. The summed E-state index contributed by atoms with van der Waals surface area (Å²) in [5, 5.41) is 4.89. The molecule has 2 rings (SSSR count). The molecule has 0 heterocycles. The summed E-state index contributed by atoms with van der Waals surface area (Å²) in [6, 6.07) is 5.49. The molecular formula is C19H28N2O5S. The molecule has 150 valence electrons. The lowest BCUT2D eigenvalue weighted by Gasteiger charge is -2.21. The second-order valence-electron chi connectivity index (χ2n) is 7.06. The van der Waals surface area contributed by atoms with Crippen LogP contribution in [0.25, 0.3) is 0 Å². The smallest absolute Gasteiger partial charge is 0.407 e. The van der Waals surface area contributed by atoms with E-state index in [9.17, 15) is 18.0 Å². The Morgan fingerprint density at radius 2 is 1.89 bits per heavy atom. The van der Waals surface area contributed by atoms with Gasteiger partial charge in [-0.15, -0.1) is 0 Å². The number of benzene rings is 1. The summed E-state index contributed by atoms with van der Waals surface area (Å²) in [5.41, 5.74) is 0.385. The molecule has 1 aliphatic rings. The van der Waals surface area contributed by atoms with E-state index in [1.165, 1.54) is 6.07 Å². The van der Waals surface area contributed by atoms with Crippen molar-refractivity contribution < 1.29 is 22.7 Å². The minimum absolute atomic E-state index is 0.167. The van der Waals surface area contributed by atoms with Crippen molar-refractivity contribution in [1.82, 2.24) is 5.32 Å². The van der Waals surface area contributed by atoms with Gasteiger partial charge in [0.25, 0.3) is 0 Å². The maximum Gasteiger partial charge on any atom is 0.407 e. The fourth-order valence-corrected chi connectivity index (χ4v) is 5.09. The zero-order chi connectivity index (χ0) is 20.0. The van der Waals surface area contributed by atoms with Crippen LogP contribution in [0.4, 0.5) is 10.5 Å². The first-order valence-corrected chi connectivity index (χ1v) is 10.9. The molecule has 2 N–H and O–H groups in total. The lowest BCUT2D eigenvalue weighted by Crippen LogP contribution is -2.47. The molecule has 1 unspecified atom stereocenters. The first kappa shape index (κ1) is 21.2. The van der Waals surface area contributed by atoms with Crippen LogP contribution in [-0.2, 0) is 19.4 Å². The number of hydrogen-bond donors (Lipinski definition) is 2. The molecule has 1 aromatic carbocycles. The van der Waals surface area contributed by atoms with Crippen LogP contribution < -0.4 is 10.6 Å². The van der Waals surface area contributed by atoms with E-state index in [1.807, 2.05) is 0 Å². The van der Waals surface area contributed by atoms with Crippen LogP contribution in [-0.4, -0.2) is 38.3 Å². The number of carbonyl (C=O) groups is 2. The minimum atomic E-state index is -3.40. The average molecular weight is 397 g/mol. The number of alkyl carbamates (subject to hydrolysis) is 1. The number of amides is 2. The van der Waals surface area contributed by atoms with Gasteiger partial charge in [-0.3, -0.25) is 4.79 Å². The molecule has 1 fully saturated rings. The van der Waals surface area contributed by atoms with Crippen molar-refractivity contribution in [2.24, 2.45) is 5.92 Å². The van der Waals surface area contributed by atoms with Crippen LogP contribution in [0.1, 0.15) is 46.5 Å². The number of nitrogens with one attached hydrogen (secondary N) is 2. The van der Waals surface area contributed by atoms with Gasteiger partial charge >= 0.3 is 6.09 Å². The van der Waals surface area contributed by atoms with Crippen molar-refractivity contribution in [1.29, 1.82) is 0 Å². The van der Waals surface area contributed by atoms with Crippen LogP contribution in [0, 0.1) is 5.92 Å². The zero-order valence-corrected chi connectivity index (χ0v) is 16.8. The van der Waals surface area contributed by atoms with Crippen LogP contribution in [0.5, 0.6) is 0 Å². The summed E-state index contributed by atoms with van der Waals surface area (Å²) in [6.45, 7) is 5.49. The van der Waals surface area contributed by atoms with Gasteiger partial charge < -0.3 is 15.4 Å². The summed E-state index contributed by atoms with van der Waals surface area (Å²) in [4.78, 5) is 24.4. The number of ether oxygens (including phenoxy) is 1. The van der Waals surface area contributed by atoms with Crippen molar-refractivity contribution in [3.8, 4) is 0 Å². The fraction of sp³-hybridized carbons (Fsp3) is 0.579. The number of sulfone groups is 1. The third-order valence-corrected chi connectivity index (χ3v) is 6.93. The molecule has 0 radical (unpaired) electrons.